The lowest BCUT2D eigenvalue weighted by atomic mass is 10.2. The van der Waals surface area contributed by atoms with Crippen LogP contribution >= 0.6 is 0 Å². The zero-order chi connectivity index (χ0) is 23.7. The van der Waals surface area contributed by atoms with Gasteiger partial charge < -0.3 is 9.84 Å². The molecule has 1 aromatic heterocycles. The molecule has 4 aromatic rings. The predicted molar refractivity (Wildman–Crippen MR) is 119 cm³/mol. The monoisotopic (exact) mass is 450 g/mol. The molecule has 0 fully saturated rings. The van der Waals surface area contributed by atoms with Crippen LogP contribution in [0.4, 0.5) is 11.4 Å². The van der Waals surface area contributed by atoms with Gasteiger partial charge >= 0.3 is 0 Å². The first kappa shape index (κ1) is 21.6. The maximum absolute atomic E-state index is 13.3. The molecule has 1 N–H and O–H groups in total. The van der Waals surface area contributed by atoms with Crippen molar-refractivity contribution in [3.8, 4) is 11.5 Å². The number of fused-ring (bicyclic) bond motifs is 1. The summed E-state index contributed by atoms with van der Waals surface area (Å²) in [6.45, 7) is -0.0410. The summed E-state index contributed by atoms with van der Waals surface area (Å²) in [6, 6.07) is 14.6. The van der Waals surface area contributed by atoms with E-state index in [0.29, 0.717) is 22.2 Å². The van der Waals surface area contributed by atoms with Crippen molar-refractivity contribution in [1.29, 1.82) is 0 Å². The topological polar surface area (TPSA) is 143 Å². The Morgan fingerprint density at radius 1 is 0.909 bits per heavy atom. The number of methoxy groups -OCH3 is 1. The number of aromatic nitrogens is 2. The van der Waals surface area contributed by atoms with Gasteiger partial charge in [0.05, 0.1) is 40.9 Å². The maximum Gasteiger partial charge on any atom is 0.275 e. The first-order chi connectivity index (χ1) is 15.8. The number of phenols is 1. The number of rotatable bonds is 7. The van der Waals surface area contributed by atoms with Gasteiger partial charge in [0.1, 0.15) is 11.5 Å². The van der Waals surface area contributed by atoms with E-state index < -0.39 is 15.4 Å². The van der Waals surface area contributed by atoms with Crippen molar-refractivity contribution in [3.63, 3.8) is 0 Å². The minimum absolute atomic E-state index is 0.0872. The molecule has 0 saturated heterocycles. The van der Waals surface area contributed by atoms with Crippen molar-refractivity contribution in [2.75, 3.05) is 7.11 Å². The third-order valence-corrected chi connectivity index (χ3v) is 5.29. The van der Waals surface area contributed by atoms with Crippen molar-refractivity contribution in [2.24, 2.45) is 0 Å². The van der Waals surface area contributed by atoms with Crippen molar-refractivity contribution < 1.29 is 19.7 Å². The van der Waals surface area contributed by atoms with E-state index in [0.717, 1.165) is 0 Å². The molecule has 3 aromatic carbocycles. The molecule has 0 spiro atoms. The lowest BCUT2D eigenvalue weighted by Gasteiger charge is -2.14. The van der Waals surface area contributed by atoms with E-state index in [9.17, 15) is 30.1 Å². The molecule has 11 heteroatoms. The second-order valence-corrected chi connectivity index (χ2v) is 7.30. The molecule has 1 heterocycles. The predicted octanol–water partition coefficient (Wildman–Crippen LogP) is 3.43. The van der Waals surface area contributed by atoms with Gasteiger partial charge in [-0.1, -0.05) is 12.1 Å². The summed E-state index contributed by atoms with van der Waals surface area (Å²) in [4.78, 5) is 34.5. The van der Waals surface area contributed by atoms with Gasteiger partial charge in [0.25, 0.3) is 16.9 Å². The SMILES string of the molecule is COc1ccc2c(c1)c(=O)n(Cc1cc([N+](=O)[O-])ccc1O)n2Cc1cccc([N+](=O)[O-])c1. The van der Waals surface area contributed by atoms with Crippen molar-refractivity contribution in [1.82, 2.24) is 9.36 Å². The molecule has 0 unspecified atom stereocenters. The van der Waals surface area contributed by atoms with E-state index in [1.807, 2.05) is 0 Å². The lowest BCUT2D eigenvalue weighted by Crippen LogP contribution is -2.24. The Labute approximate surface area is 186 Å². The molecule has 0 saturated carbocycles. The zero-order valence-electron chi connectivity index (χ0n) is 17.4. The molecule has 0 aliphatic rings. The van der Waals surface area contributed by atoms with Crippen LogP contribution in [-0.4, -0.2) is 31.4 Å². The van der Waals surface area contributed by atoms with E-state index in [1.54, 1.807) is 35.0 Å². The highest BCUT2D eigenvalue weighted by molar-refractivity contribution is 5.80. The first-order valence-corrected chi connectivity index (χ1v) is 9.75. The van der Waals surface area contributed by atoms with Crippen molar-refractivity contribution in [2.45, 2.75) is 13.1 Å². The Balaban J connectivity index is 1.88. The van der Waals surface area contributed by atoms with Crippen LogP contribution in [0.15, 0.2) is 65.5 Å². The molecule has 0 amide bonds. The first-order valence-electron chi connectivity index (χ1n) is 9.75. The molecular weight excluding hydrogens is 432 g/mol. The summed E-state index contributed by atoms with van der Waals surface area (Å²) >= 11 is 0. The quantitative estimate of drug-likeness (QED) is 0.336. The summed E-state index contributed by atoms with van der Waals surface area (Å²) in [5, 5.41) is 32.9. The van der Waals surface area contributed by atoms with Gasteiger partial charge in [0.2, 0.25) is 0 Å². The number of phenolic OH excluding ortho intramolecular Hbond substituents is 1. The molecular formula is C22H18N4O7. The van der Waals surface area contributed by atoms with Crippen molar-refractivity contribution >= 4 is 22.3 Å². The Morgan fingerprint density at radius 3 is 2.33 bits per heavy atom. The van der Waals surface area contributed by atoms with Crippen molar-refractivity contribution in [3.05, 3.63) is 102 Å². The highest BCUT2D eigenvalue weighted by atomic mass is 16.6. The van der Waals surface area contributed by atoms with E-state index in [1.165, 1.54) is 42.1 Å². The second-order valence-electron chi connectivity index (χ2n) is 7.30. The van der Waals surface area contributed by atoms with Gasteiger partial charge in [0, 0.05) is 29.8 Å². The van der Waals surface area contributed by atoms with Gasteiger partial charge in [0.15, 0.2) is 0 Å². The smallest absolute Gasteiger partial charge is 0.275 e. The number of nitrogens with zero attached hydrogens (tertiary/aromatic N) is 4. The zero-order valence-corrected chi connectivity index (χ0v) is 17.4. The number of nitro benzene ring substituents is 2. The number of nitro groups is 2. The number of ether oxygens (including phenoxy) is 1. The Bertz CT molecular complexity index is 1460. The van der Waals surface area contributed by atoms with Crippen LogP contribution in [0.2, 0.25) is 0 Å². The van der Waals surface area contributed by atoms with E-state index >= 15 is 0 Å². The number of hydrogen-bond acceptors (Lipinski definition) is 7. The average Bonchev–Trinajstić information content (AvgIpc) is 3.05. The summed E-state index contributed by atoms with van der Waals surface area (Å²) in [5.74, 6) is 0.273. The summed E-state index contributed by atoms with van der Waals surface area (Å²) in [6.07, 6.45) is 0. The van der Waals surface area contributed by atoms with Gasteiger partial charge in [-0.15, -0.1) is 0 Å². The number of hydrogen-bond donors (Lipinski definition) is 1. The molecule has 0 aliphatic heterocycles. The third-order valence-electron chi connectivity index (χ3n) is 5.29. The Morgan fingerprint density at radius 2 is 1.64 bits per heavy atom. The molecule has 0 aliphatic carbocycles. The van der Waals surface area contributed by atoms with Crippen LogP contribution in [0, 0.1) is 20.2 Å². The van der Waals surface area contributed by atoms with Gasteiger partial charge in [-0.05, 0) is 29.8 Å². The fourth-order valence-electron chi connectivity index (χ4n) is 3.66. The van der Waals surface area contributed by atoms with Gasteiger partial charge in [-0.2, -0.15) is 0 Å². The highest BCUT2D eigenvalue weighted by Crippen LogP contribution is 2.26. The molecule has 0 atom stereocenters. The van der Waals surface area contributed by atoms with Crippen LogP contribution in [0.1, 0.15) is 11.1 Å². The second kappa shape index (κ2) is 8.46. The minimum atomic E-state index is -0.588. The standard InChI is InChI=1S/C22H18N4O7/c1-33-18-6-7-20-19(11-18)22(28)24(13-15-10-17(26(31)32)5-8-21(15)27)23(20)12-14-3-2-4-16(9-14)25(29)30/h2-11,27H,12-13H2,1H3. The third kappa shape index (κ3) is 4.11. The van der Waals surface area contributed by atoms with Crippen LogP contribution in [-0.2, 0) is 13.1 Å². The summed E-state index contributed by atoms with van der Waals surface area (Å²) < 4.78 is 8.17. The van der Waals surface area contributed by atoms with E-state index in [2.05, 4.69) is 0 Å². The molecule has 4 rings (SSSR count). The van der Waals surface area contributed by atoms with E-state index in [-0.39, 0.29) is 35.8 Å². The fourth-order valence-corrected chi connectivity index (χ4v) is 3.66. The largest absolute Gasteiger partial charge is 0.508 e. The Hall–Kier alpha value is -4.67. The molecule has 168 valence electrons. The summed E-state index contributed by atoms with van der Waals surface area (Å²) in [5.41, 5.74) is 0.586. The number of aromatic hydroxyl groups is 1. The fraction of sp³-hybridized carbons (Fsp3) is 0.136. The molecule has 0 radical (unpaired) electrons. The van der Waals surface area contributed by atoms with Crippen LogP contribution in [0.5, 0.6) is 11.5 Å². The van der Waals surface area contributed by atoms with E-state index in [4.69, 9.17) is 4.74 Å². The molecule has 33 heavy (non-hydrogen) atoms. The Kier molecular flexibility index (Phi) is 5.53. The number of non-ortho nitro benzene ring substituents is 2. The summed E-state index contributed by atoms with van der Waals surface area (Å²) in [7, 11) is 1.47. The van der Waals surface area contributed by atoms with Crippen LogP contribution in [0.25, 0.3) is 10.9 Å². The average molecular weight is 450 g/mol. The van der Waals surface area contributed by atoms with Gasteiger partial charge in [-0.25, -0.2) is 4.68 Å². The molecule has 11 nitrogen and oxygen atoms in total. The van der Waals surface area contributed by atoms with Crippen LogP contribution in [0.3, 0.4) is 0 Å². The number of benzene rings is 3. The molecule has 0 bridgehead atoms. The van der Waals surface area contributed by atoms with Gasteiger partial charge in [-0.3, -0.25) is 29.7 Å². The maximum atomic E-state index is 13.3. The normalized spacial score (nSPS) is 10.9. The highest BCUT2D eigenvalue weighted by Gasteiger charge is 2.18. The minimum Gasteiger partial charge on any atom is -0.508 e. The lowest BCUT2D eigenvalue weighted by molar-refractivity contribution is -0.385. The van der Waals surface area contributed by atoms with Crippen LogP contribution < -0.4 is 10.3 Å².